The molecule has 0 N–H and O–H groups in total. The first-order valence-electron chi connectivity index (χ1n) is 7.25. The van der Waals surface area contributed by atoms with E-state index in [0.29, 0.717) is 29.9 Å². The zero-order chi connectivity index (χ0) is 16.4. The van der Waals surface area contributed by atoms with Crippen molar-refractivity contribution in [1.82, 2.24) is 0 Å². The minimum Gasteiger partial charge on any atom is -0.489 e. The molecule has 1 unspecified atom stereocenters. The van der Waals surface area contributed by atoms with Crippen LogP contribution in [0.15, 0.2) is 63.3 Å². The Labute approximate surface area is 132 Å². The van der Waals surface area contributed by atoms with E-state index in [1.54, 1.807) is 12.1 Å². The highest BCUT2D eigenvalue weighted by Crippen LogP contribution is 2.24. The van der Waals surface area contributed by atoms with Crippen molar-refractivity contribution in [3.8, 4) is 5.75 Å². The monoisotopic (exact) mass is 312 g/mol. The van der Waals surface area contributed by atoms with Crippen LogP contribution in [0.4, 0.5) is 0 Å². The molecule has 1 saturated heterocycles. The van der Waals surface area contributed by atoms with E-state index in [-0.39, 0.29) is 12.1 Å². The van der Waals surface area contributed by atoms with Crippen LogP contribution in [0.5, 0.6) is 5.75 Å². The van der Waals surface area contributed by atoms with Crippen molar-refractivity contribution in [1.29, 1.82) is 0 Å². The van der Waals surface area contributed by atoms with Gasteiger partial charge in [0.05, 0.1) is 0 Å². The third kappa shape index (κ3) is 3.34. The minimum absolute atomic E-state index is 0.256. The Morgan fingerprint density at radius 3 is 2.87 bits per heavy atom. The number of cyclic esters (lactones) is 1. The van der Waals surface area contributed by atoms with Crippen molar-refractivity contribution >= 4 is 16.9 Å². The van der Waals surface area contributed by atoms with Gasteiger partial charge in [-0.25, -0.2) is 9.59 Å². The van der Waals surface area contributed by atoms with Gasteiger partial charge in [0, 0.05) is 29.5 Å². The fourth-order valence-corrected chi connectivity index (χ4v) is 2.35. The van der Waals surface area contributed by atoms with E-state index in [4.69, 9.17) is 13.9 Å². The molecule has 2 aromatic rings. The molecule has 1 atom stereocenters. The third-order valence-corrected chi connectivity index (χ3v) is 3.73. The molecule has 0 spiro atoms. The summed E-state index contributed by atoms with van der Waals surface area (Å²) in [6, 6.07) is 8.40. The molecule has 5 nitrogen and oxygen atoms in total. The second-order valence-electron chi connectivity index (χ2n) is 5.41. The Bertz CT molecular complexity index is 843. The standard InChI is InChI=1S/C18H16O5/c1-11(15-9-12(2)18(20)23-15)7-8-21-14-5-3-13-4-6-17(19)22-16(13)10-14/h3-7,10,15H,2,8-9H2,1H3/b11-7+. The number of fused-ring (bicyclic) bond motifs is 1. The van der Waals surface area contributed by atoms with Crippen LogP contribution in [0.2, 0.25) is 0 Å². The van der Waals surface area contributed by atoms with E-state index in [0.717, 1.165) is 11.0 Å². The van der Waals surface area contributed by atoms with Crippen LogP contribution in [-0.2, 0) is 9.53 Å². The molecule has 1 aliphatic heterocycles. The molecular weight excluding hydrogens is 296 g/mol. The van der Waals surface area contributed by atoms with Crippen LogP contribution in [0.3, 0.4) is 0 Å². The number of benzene rings is 1. The zero-order valence-electron chi connectivity index (χ0n) is 12.7. The van der Waals surface area contributed by atoms with E-state index < -0.39 is 5.63 Å². The maximum atomic E-state index is 11.3. The number of hydrogen-bond donors (Lipinski definition) is 0. The molecule has 1 aromatic carbocycles. The maximum absolute atomic E-state index is 11.3. The van der Waals surface area contributed by atoms with E-state index in [2.05, 4.69) is 6.58 Å². The van der Waals surface area contributed by atoms with Gasteiger partial charge >= 0.3 is 11.6 Å². The highest BCUT2D eigenvalue weighted by Gasteiger charge is 2.28. The summed E-state index contributed by atoms with van der Waals surface area (Å²) >= 11 is 0. The lowest BCUT2D eigenvalue weighted by molar-refractivity contribution is -0.137. The van der Waals surface area contributed by atoms with Gasteiger partial charge in [-0.15, -0.1) is 0 Å². The number of ether oxygens (including phenoxy) is 2. The number of rotatable bonds is 4. The lowest BCUT2D eigenvalue weighted by Crippen LogP contribution is -2.09. The quantitative estimate of drug-likeness (QED) is 0.376. The molecule has 1 fully saturated rings. The number of hydrogen-bond acceptors (Lipinski definition) is 5. The Hall–Kier alpha value is -2.82. The first kappa shape index (κ1) is 15.1. The van der Waals surface area contributed by atoms with E-state index in [9.17, 15) is 9.59 Å². The SMILES string of the molecule is C=C1CC(/C(C)=C/COc2ccc3ccc(=O)oc3c2)OC1=O. The van der Waals surface area contributed by atoms with Crippen LogP contribution >= 0.6 is 0 Å². The second-order valence-corrected chi connectivity index (χ2v) is 5.41. The summed E-state index contributed by atoms with van der Waals surface area (Å²) in [6.07, 6.45) is 2.12. The lowest BCUT2D eigenvalue weighted by atomic mass is 10.1. The van der Waals surface area contributed by atoms with Crippen molar-refractivity contribution < 1.29 is 18.7 Å². The summed E-state index contributed by atoms with van der Waals surface area (Å²) in [5, 5.41) is 0.833. The minimum atomic E-state index is -0.395. The zero-order valence-corrected chi connectivity index (χ0v) is 12.7. The van der Waals surface area contributed by atoms with E-state index in [1.807, 2.05) is 25.1 Å². The molecule has 0 aliphatic carbocycles. The van der Waals surface area contributed by atoms with Gasteiger partial charge in [0.2, 0.25) is 0 Å². The smallest absolute Gasteiger partial charge is 0.336 e. The first-order chi connectivity index (χ1) is 11.0. The molecule has 23 heavy (non-hydrogen) atoms. The van der Waals surface area contributed by atoms with Gasteiger partial charge in [-0.1, -0.05) is 6.58 Å². The van der Waals surface area contributed by atoms with Gasteiger partial charge in [0.25, 0.3) is 0 Å². The van der Waals surface area contributed by atoms with Gasteiger partial charge in [-0.2, -0.15) is 0 Å². The van der Waals surface area contributed by atoms with Crippen LogP contribution < -0.4 is 10.4 Å². The van der Waals surface area contributed by atoms with Crippen molar-refractivity contribution in [2.75, 3.05) is 6.61 Å². The number of carbonyl (C=O) groups is 1. The summed E-state index contributed by atoms with van der Waals surface area (Å²) in [6.45, 7) is 5.88. The normalized spacial score (nSPS) is 18.3. The molecule has 1 aliphatic rings. The van der Waals surface area contributed by atoms with Crippen LogP contribution in [-0.4, -0.2) is 18.7 Å². The van der Waals surface area contributed by atoms with Gasteiger partial charge < -0.3 is 13.9 Å². The van der Waals surface area contributed by atoms with Gasteiger partial charge in [-0.05, 0) is 36.8 Å². The van der Waals surface area contributed by atoms with Gasteiger partial charge in [-0.3, -0.25) is 0 Å². The molecule has 0 saturated carbocycles. The second kappa shape index (κ2) is 6.12. The fraction of sp³-hybridized carbons (Fsp3) is 0.222. The summed E-state index contributed by atoms with van der Waals surface area (Å²) in [4.78, 5) is 22.6. The molecule has 0 bridgehead atoms. The fourth-order valence-electron chi connectivity index (χ4n) is 2.35. The highest BCUT2D eigenvalue weighted by molar-refractivity contribution is 5.90. The molecule has 1 aromatic heterocycles. The Morgan fingerprint density at radius 2 is 2.13 bits per heavy atom. The van der Waals surface area contributed by atoms with Crippen molar-refractivity contribution in [3.05, 3.63) is 64.6 Å². The summed E-state index contributed by atoms with van der Waals surface area (Å²) in [5.41, 5.74) is 1.50. The molecule has 3 rings (SSSR count). The molecular formula is C18H16O5. The summed E-state index contributed by atoms with van der Waals surface area (Å²) in [7, 11) is 0. The van der Waals surface area contributed by atoms with Crippen LogP contribution in [0.1, 0.15) is 13.3 Å². The Morgan fingerprint density at radius 1 is 1.35 bits per heavy atom. The van der Waals surface area contributed by atoms with Crippen molar-refractivity contribution in [3.63, 3.8) is 0 Å². The number of esters is 1. The summed E-state index contributed by atoms with van der Waals surface area (Å²) < 4.78 is 15.9. The predicted octanol–water partition coefficient (Wildman–Crippen LogP) is 2.99. The largest absolute Gasteiger partial charge is 0.489 e. The van der Waals surface area contributed by atoms with Crippen LogP contribution in [0, 0.1) is 0 Å². The third-order valence-electron chi connectivity index (χ3n) is 3.73. The topological polar surface area (TPSA) is 65.7 Å². The average Bonchev–Trinajstić information content (AvgIpc) is 2.86. The Balaban J connectivity index is 1.66. The molecule has 118 valence electrons. The highest BCUT2D eigenvalue weighted by atomic mass is 16.5. The van der Waals surface area contributed by atoms with Crippen molar-refractivity contribution in [2.24, 2.45) is 0 Å². The molecule has 0 amide bonds. The molecule has 2 heterocycles. The first-order valence-corrected chi connectivity index (χ1v) is 7.25. The molecule has 0 radical (unpaired) electrons. The van der Waals surface area contributed by atoms with Crippen LogP contribution in [0.25, 0.3) is 11.0 Å². The lowest BCUT2D eigenvalue weighted by Gasteiger charge is -2.10. The van der Waals surface area contributed by atoms with Gasteiger partial charge in [0.15, 0.2) is 0 Å². The van der Waals surface area contributed by atoms with E-state index >= 15 is 0 Å². The molecule has 5 heteroatoms. The Kier molecular flexibility index (Phi) is 4.02. The van der Waals surface area contributed by atoms with E-state index in [1.165, 1.54) is 6.07 Å². The number of carbonyl (C=O) groups excluding carboxylic acids is 1. The van der Waals surface area contributed by atoms with Gasteiger partial charge in [0.1, 0.15) is 24.0 Å². The predicted molar refractivity (Wildman–Crippen MR) is 85.4 cm³/mol. The maximum Gasteiger partial charge on any atom is 0.336 e. The summed E-state index contributed by atoms with van der Waals surface area (Å²) in [5.74, 6) is 0.261. The average molecular weight is 312 g/mol. The van der Waals surface area contributed by atoms with Crippen molar-refractivity contribution in [2.45, 2.75) is 19.4 Å².